The van der Waals surface area contributed by atoms with Crippen molar-refractivity contribution in [1.29, 1.82) is 0 Å². The SMILES string of the molecule is CC(C)NCCNC(=O)c1cc([N+](=O)[O-])ccc1Br. The summed E-state index contributed by atoms with van der Waals surface area (Å²) >= 11 is 3.21. The normalized spacial score (nSPS) is 10.5. The van der Waals surface area contributed by atoms with E-state index in [0.717, 1.165) is 0 Å². The van der Waals surface area contributed by atoms with Gasteiger partial charge in [-0.05, 0) is 22.0 Å². The summed E-state index contributed by atoms with van der Waals surface area (Å²) in [6.07, 6.45) is 0. The van der Waals surface area contributed by atoms with Crippen molar-refractivity contribution in [3.8, 4) is 0 Å². The molecule has 2 N–H and O–H groups in total. The molecule has 7 heteroatoms. The van der Waals surface area contributed by atoms with Gasteiger partial charge in [0, 0.05) is 35.7 Å². The quantitative estimate of drug-likeness (QED) is 0.475. The number of carbonyl (C=O) groups is 1. The fraction of sp³-hybridized carbons (Fsp3) is 0.417. The second-order valence-corrected chi connectivity index (χ2v) is 5.14. The highest BCUT2D eigenvalue weighted by atomic mass is 79.9. The number of rotatable bonds is 6. The first-order valence-corrected chi connectivity index (χ1v) is 6.66. The van der Waals surface area contributed by atoms with Crippen LogP contribution in [0.5, 0.6) is 0 Å². The Hall–Kier alpha value is -1.47. The number of amides is 1. The number of nitro benzene ring substituents is 1. The Kier molecular flexibility index (Phi) is 5.91. The van der Waals surface area contributed by atoms with Crippen molar-refractivity contribution in [3.63, 3.8) is 0 Å². The van der Waals surface area contributed by atoms with Crippen LogP contribution in [-0.2, 0) is 0 Å². The van der Waals surface area contributed by atoms with E-state index >= 15 is 0 Å². The van der Waals surface area contributed by atoms with Crippen LogP contribution in [0.3, 0.4) is 0 Å². The minimum Gasteiger partial charge on any atom is -0.351 e. The molecule has 0 aliphatic heterocycles. The minimum absolute atomic E-state index is 0.103. The lowest BCUT2D eigenvalue weighted by Crippen LogP contribution is -2.34. The second-order valence-electron chi connectivity index (χ2n) is 4.29. The summed E-state index contributed by atoms with van der Waals surface area (Å²) < 4.78 is 0.535. The molecule has 0 spiro atoms. The maximum absolute atomic E-state index is 11.9. The van der Waals surface area contributed by atoms with Crippen molar-refractivity contribution in [3.05, 3.63) is 38.3 Å². The molecule has 1 amide bonds. The molecule has 1 aromatic rings. The summed E-state index contributed by atoms with van der Waals surface area (Å²) in [6.45, 7) is 5.14. The highest BCUT2D eigenvalue weighted by Crippen LogP contribution is 2.22. The molecular formula is C12H16BrN3O3. The second kappa shape index (κ2) is 7.20. The summed E-state index contributed by atoms with van der Waals surface area (Å²) in [4.78, 5) is 22.0. The van der Waals surface area contributed by atoms with Gasteiger partial charge in [-0.1, -0.05) is 13.8 Å². The summed E-state index contributed by atoms with van der Waals surface area (Å²) in [5, 5.41) is 16.5. The summed E-state index contributed by atoms with van der Waals surface area (Å²) in [6, 6.07) is 4.46. The summed E-state index contributed by atoms with van der Waals surface area (Å²) in [5.74, 6) is -0.332. The number of benzene rings is 1. The van der Waals surface area contributed by atoms with Crippen molar-refractivity contribution >= 4 is 27.5 Å². The molecule has 19 heavy (non-hydrogen) atoms. The van der Waals surface area contributed by atoms with Crippen molar-refractivity contribution in [2.24, 2.45) is 0 Å². The van der Waals surface area contributed by atoms with Crippen LogP contribution in [-0.4, -0.2) is 30.0 Å². The van der Waals surface area contributed by atoms with Gasteiger partial charge < -0.3 is 10.6 Å². The van der Waals surface area contributed by atoms with Gasteiger partial charge >= 0.3 is 0 Å². The van der Waals surface area contributed by atoms with Crippen molar-refractivity contribution in [2.45, 2.75) is 19.9 Å². The predicted octanol–water partition coefficient (Wildman–Crippen LogP) is 2.09. The summed E-state index contributed by atoms with van der Waals surface area (Å²) in [7, 11) is 0. The number of hydrogen-bond acceptors (Lipinski definition) is 4. The standard InChI is InChI=1S/C12H16BrN3O3/c1-8(2)14-5-6-15-12(17)10-7-9(16(18)19)3-4-11(10)13/h3-4,7-8,14H,5-6H2,1-2H3,(H,15,17). The average molecular weight is 330 g/mol. The Morgan fingerprint density at radius 2 is 2.11 bits per heavy atom. The smallest absolute Gasteiger partial charge is 0.270 e. The lowest BCUT2D eigenvalue weighted by atomic mass is 10.2. The van der Waals surface area contributed by atoms with Gasteiger partial charge in [-0.2, -0.15) is 0 Å². The van der Waals surface area contributed by atoms with Crippen molar-refractivity contribution < 1.29 is 9.72 Å². The van der Waals surface area contributed by atoms with E-state index in [9.17, 15) is 14.9 Å². The molecule has 0 saturated heterocycles. The van der Waals surface area contributed by atoms with Crippen molar-refractivity contribution in [2.75, 3.05) is 13.1 Å². The molecule has 104 valence electrons. The van der Waals surface area contributed by atoms with Crippen LogP contribution < -0.4 is 10.6 Å². The molecule has 0 atom stereocenters. The van der Waals surface area contributed by atoms with E-state index in [4.69, 9.17) is 0 Å². The number of nitrogens with one attached hydrogen (secondary N) is 2. The molecule has 0 unspecified atom stereocenters. The van der Waals surface area contributed by atoms with Crippen LogP contribution in [0.1, 0.15) is 24.2 Å². The molecule has 1 rings (SSSR count). The lowest BCUT2D eigenvalue weighted by molar-refractivity contribution is -0.384. The summed E-state index contributed by atoms with van der Waals surface area (Å²) in [5.41, 5.74) is 0.160. The Labute approximate surface area is 119 Å². The molecule has 0 aliphatic rings. The number of nitrogens with zero attached hydrogens (tertiary/aromatic N) is 1. The highest BCUT2D eigenvalue weighted by molar-refractivity contribution is 9.10. The van der Waals surface area contributed by atoms with Gasteiger partial charge in [0.1, 0.15) is 0 Å². The number of halogens is 1. The van der Waals surface area contributed by atoms with Gasteiger partial charge in [-0.3, -0.25) is 14.9 Å². The molecular weight excluding hydrogens is 314 g/mol. The Balaban J connectivity index is 2.66. The van der Waals surface area contributed by atoms with Gasteiger partial charge in [0.15, 0.2) is 0 Å². The molecule has 0 aromatic heterocycles. The third-order valence-electron chi connectivity index (χ3n) is 2.37. The van der Waals surface area contributed by atoms with Gasteiger partial charge in [-0.15, -0.1) is 0 Å². The van der Waals surface area contributed by atoms with Crippen LogP contribution in [0, 0.1) is 10.1 Å². The van der Waals surface area contributed by atoms with E-state index in [0.29, 0.717) is 23.6 Å². The lowest BCUT2D eigenvalue weighted by Gasteiger charge is -2.09. The molecule has 0 saturated carbocycles. The first-order chi connectivity index (χ1) is 8.91. The molecule has 1 aromatic carbocycles. The number of hydrogen-bond donors (Lipinski definition) is 2. The van der Waals surface area contributed by atoms with Crippen LogP contribution in [0.4, 0.5) is 5.69 Å². The molecule has 6 nitrogen and oxygen atoms in total. The van der Waals surface area contributed by atoms with Gasteiger partial charge in [0.05, 0.1) is 10.5 Å². The first kappa shape index (κ1) is 15.6. The third kappa shape index (κ3) is 4.96. The fourth-order valence-corrected chi connectivity index (χ4v) is 1.86. The van der Waals surface area contributed by atoms with Gasteiger partial charge in [0.25, 0.3) is 11.6 Å². The first-order valence-electron chi connectivity index (χ1n) is 5.87. The number of non-ortho nitro benzene ring substituents is 1. The van der Waals surface area contributed by atoms with Gasteiger partial charge in [-0.25, -0.2) is 0 Å². The fourth-order valence-electron chi connectivity index (χ4n) is 1.43. The van der Waals surface area contributed by atoms with E-state index in [1.54, 1.807) is 0 Å². The topological polar surface area (TPSA) is 84.3 Å². The average Bonchev–Trinajstić information content (AvgIpc) is 2.34. The molecule has 0 bridgehead atoms. The largest absolute Gasteiger partial charge is 0.351 e. The molecule has 0 aliphatic carbocycles. The zero-order valence-corrected chi connectivity index (χ0v) is 12.4. The third-order valence-corrected chi connectivity index (χ3v) is 3.06. The Bertz CT molecular complexity index is 477. The number of nitro groups is 1. The maximum Gasteiger partial charge on any atom is 0.270 e. The van der Waals surface area contributed by atoms with Gasteiger partial charge in [0.2, 0.25) is 0 Å². The zero-order chi connectivity index (χ0) is 14.4. The van der Waals surface area contributed by atoms with E-state index < -0.39 is 4.92 Å². The predicted molar refractivity (Wildman–Crippen MR) is 76.3 cm³/mol. The highest BCUT2D eigenvalue weighted by Gasteiger charge is 2.14. The molecule has 0 heterocycles. The van der Waals surface area contributed by atoms with E-state index in [1.165, 1.54) is 18.2 Å². The Morgan fingerprint density at radius 3 is 2.68 bits per heavy atom. The Morgan fingerprint density at radius 1 is 1.42 bits per heavy atom. The number of carbonyl (C=O) groups excluding carboxylic acids is 1. The monoisotopic (exact) mass is 329 g/mol. The van der Waals surface area contributed by atoms with E-state index in [-0.39, 0.29) is 17.2 Å². The van der Waals surface area contributed by atoms with E-state index in [2.05, 4.69) is 26.6 Å². The maximum atomic E-state index is 11.9. The molecule has 0 fully saturated rings. The van der Waals surface area contributed by atoms with Crippen LogP contribution in [0.2, 0.25) is 0 Å². The van der Waals surface area contributed by atoms with Crippen molar-refractivity contribution in [1.82, 2.24) is 10.6 Å². The minimum atomic E-state index is -0.524. The van der Waals surface area contributed by atoms with Crippen LogP contribution >= 0.6 is 15.9 Å². The molecule has 0 radical (unpaired) electrons. The zero-order valence-electron chi connectivity index (χ0n) is 10.8. The van der Waals surface area contributed by atoms with Crippen LogP contribution in [0.15, 0.2) is 22.7 Å². The van der Waals surface area contributed by atoms with Crippen LogP contribution in [0.25, 0.3) is 0 Å². The van der Waals surface area contributed by atoms with E-state index in [1.807, 2.05) is 13.8 Å².